The van der Waals surface area contributed by atoms with Gasteiger partial charge in [-0.15, -0.1) is 0 Å². The topological polar surface area (TPSA) is 40.5 Å². The molecule has 0 aromatic heterocycles. The van der Waals surface area contributed by atoms with Gasteiger partial charge in [-0.3, -0.25) is 4.79 Å². The van der Waals surface area contributed by atoms with Gasteiger partial charge in [0.1, 0.15) is 11.6 Å². The Bertz CT molecular complexity index is 621. The molecule has 3 rings (SSSR count). The molecule has 1 heterocycles. The van der Waals surface area contributed by atoms with Gasteiger partial charge < -0.3 is 10.0 Å². The molecular weight excluding hydrogens is 312 g/mol. The largest absolute Gasteiger partial charge is 0.390 e. The minimum atomic E-state index is -0.652. The zero-order valence-electron chi connectivity index (χ0n) is 14.1. The summed E-state index contributed by atoms with van der Waals surface area (Å²) in [6.07, 6.45) is 4.09. The number of aryl methyl sites for hydroxylation is 1. The maximum Gasteiger partial charge on any atom is 0.222 e. The van der Waals surface area contributed by atoms with Crippen molar-refractivity contribution in [3.8, 4) is 0 Å². The fourth-order valence-electron chi connectivity index (χ4n) is 4.40. The molecule has 1 saturated heterocycles. The molecule has 0 radical (unpaired) electrons. The van der Waals surface area contributed by atoms with Crippen LogP contribution in [0, 0.1) is 23.5 Å². The Morgan fingerprint density at radius 3 is 2.88 bits per heavy atom. The van der Waals surface area contributed by atoms with Crippen molar-refractivity contribution in [3.05, 3.63) is 35.4 Å². The van der Waals surface area contributed by atoms with Crippen LogP contribution in [0.3, 0.4) is 0 Å². The van der Waals surface area contributed by atoms with Gasteiger partial charge in [-0.25, -0.2) is 8.78 Å². The average Bonchev–Trinajstić information content (AvgIpc) is 3.00. The van der Waals surface area contributed by atoms with Crippen LogP contribution in [0.15, 0.2) is 18.2 Å². The number of rotatable bonds is 4. The summed E-state index contributed by atoms with van der Waals surface area (Å²) in [5.41, 5.74) is -0.285. The van der Waals surface area contributed by atoms with Gasteiger partial charge in [0.25, 0.3) is 0 Å². The number of aliphatic hydroxyl groups is 1. The molecule has 5 heteroatoms. The monoisotopic (exact) mass is 337 g/mol. The highest BCUT2D eigenvalue weighted by Gasteiger charge is 2.48. The van der Waals surface area contributed by atoms with E-state index in [2.05, 4.69) is 0 Å². The Balaban J connectivity index is 1.60. The maximum atomic E-state index is 13.7. The normalized spacial score (nSPS) is 29.6. The smallest absolute Gasteiger partial charge is 0.222 e. The molecule has 24 heavy (non-hydrogen) atoms. The summed E-state index contributed by atoms with van der Waals surface area (Å²) in [5.74, 6) is -0.687. The van der Waals surface area contributed by atoms with Gasteiger partial charge >= 0.3 is 0 Å². The number of likely N-dealkylation sites (tertiary alicyclic amines) is 1. The molecule has 0 spiro atoms. The Morgan fingerprint density at radius 2 is 2.17 bits per heavy atom. The van der Waals surface area contributed by atoms with Gasteiger partial charge in [-0.05, 0) is 43.2 Å². The van der Waals surface area contributed by atoms with E-state index in [1.54, 1.807) is 0 Å². The Labute approximate surface area is 141 Å². The van der Waals surface area contributed by atoms with Crippen LogP contribution < -0.4 is 0 Å². The number of fused-ring (bicyclic) bond motifs is 1. The molecule has 1 saturated carbocycles. The number of carbonyl (C=O) groups excluding carboxylic acids is 1. The van der Waals surface area contributed by atoms with E-state index >= 15 is 0 Å². The minimum Gasteiger partial charge on any atom is -0.390 e. The summed E-state index contributed by atoms with van der Waals surface area (Å²) < 4.78 is 26.6. The van der Waals surface area contributed by atoms with Crippen molar-refractivity contribution in [2.45, 2.75) is 51.0 Å². The third-order valence-electron chi connectivity index (χ3n) is 5.90. The van der Waals surface area contributed by atoms with E-state index in [4.69, 9.17) is 0 Å². The molecule has 1 aliphatic heterocycles. The highest BCUT2D eigenvalue weighted by Crippen LogP contribution is 2.44. The summed E-state index contributed by atoms with van der Waals surface area (Å²) in [5, 5.41) is 10.8. The summed E-state index contributed by atoms with van der Waals surface area (Å²) in [4.78, 5) is 14.3. The lowest BCUT2D eigenvalue weighted by Gasteiger charge is -2.40. The number of amides is 1. The van der Waals surface area contributed by atoms with Gasteiger partial charge in [0.15, 0.2) is 0 Å². The number of halogens is 2. The van der Waals surface area contributed by atoms with Crippen LogP contribution in [0.1, 0.15) is 44.6 Å². The molecule has 2 aliphatic rings. The molecule has 132 valence electrons. The van der Waals surface area contributed by atoms with Crippen molar-refractivity contribution in [1.82, 2.24) is 4.90 Å². The SMILES string of the molecule is CC[C@]1(O)CCC[C@H]2CN(C(=O)CCc3ccc(F)cc3F)C[C@H]21. The summed E-state index contributed by atoms with van der Waals surface area (Å²) in [6.45, 7) is 3.29. The Hall–Kier alpha value is -1.49. The minimum absolute atomic E-state index is 0.00780. The highest BCUT2D eigenvalue weighted by molar-refractivity contribution is 5.76. The molecule has 2 fully saturated rings. The van der Waals surface area contributed by atoms with Crippen molar-refractivity contribution >= 4 is 5.91 Å². The van der Waals surface area contributed by atoms with Crippen LogP contribution in [0.2, 0.25) is 0 Å². The van der Waals surface area contributed by atoms with Gasteiger partial charge in [0.2, 0.25) is 5.91 Å². The standard InChI is InChI=1S/C19H25F2NO2/c1-2-19(24)9-3-4-14-11-22(12-16(14)19)18(23)8-6-13-5-7-15(20)10-17(13)21/h5,7,10,14,16,24H,2-4,6,8-9,11-12H2,1H3/t14-,16+,19-/m0/s1. The predicted octanol–water partition coefficient (Wildman–Crippen LogP) is 3.30. The lowest BCUT2D eigenvalue weighted by Crippen LogP contribution is -2.44. The zero-order valence-corrected chi connectivity index (χ0v) is 14.1. The van der Waals surface area contributed by atoms with E-state index in [1.165, 1.54) is 12.1 Å². The number of carbonyl (C=O) groups is 1. The Kier molecular flexibility index (Phi) is 4.90. The van der Waals surface area contributed by atoms with Crippen molar-refractivity contribution in [1.29, 1.82) is 0 Å². The van der Waals surface area contributed by atoms with E-state index in [-0.39, 0.29) is 24.7 Å². The molecule has 1 aromatic carbocycles. The molecule has 0 bridgehead atoms. The third-order valence-corrected chi connectivity index (χ3v) is 5.90. The van der Waals surface area contributed by atoms with Gasteiger partial charge in [-0.2, -0.15) is 0 Å². The second-order valence-electron chi connectivity index (χ2n) is 7.25. The van der Waals surface area contributed by atoms with E-state index < -0.39 is 17.2 Å². The van der Waals surface area contributed by atoms with Crippen LogP contribution in [-0.2, 0) is 11.2 Å². The first kappa shape index (κ1) is 17.3. The molecule has 1 N–H and O–H groups in total. The second-order valence-corrected chi connectivity index (χ2v) is 7.25. The van der Waals surface area contributed by atoms with Gasteiger partial charge in [-0.1, -0.05) is 19.4 Å². The first-order valence-corrected chi connectivity index (χ1v) is 8.87. The number of benzene rings is 1. The van der Waals surface area contributed by atoms with E-state index in [0.717, 1.165) is 31.7 Å². The first-order chi connectivity index (χ1) is 11.4. The van der Waals surface area contributed by atoms with Crippen molar-refractivity contribution < 1.29 is 18.7 Å². The average molecular weight is 337 g/mol. The summed E-state index contributed by atoms with van der Waals surface area (Å²) >= 11 is 0. The highest BCUT2D eigenvalue weighted by atomic mass is 19.1. The predicted molar refractivity (Wildman–Crippen MR) is 87.3 cm³/mol. The van der Waals surface area contributed by atoms with Crippen molar-refractivity contribution in [2.24, 2.45) is 11.8 Å². The van der Waals surface area contributed by atoms with Gasteiger partial charge in [0.05, 0.1) is 5.60 Å². The quantitative estimate of drug-likeness (QED) is 0.916. The van der Waals surface area contributed by atoms with Crippen molar-refractivity contribution in [3.63, 3.8) is 0 Å². The van der Waals surface area contributed by atoms with Crippen LogP contribution in [0.25, 0.3) is 0 Å². The number of hydrogen-bond donors (Lipinski definition) is 1. The number of nitrogens with zero attached hydrogens (tertiary/aromatic N) is 1. The lowest BCUT2D eigenvalue weighted by atomic mass is 9.69. The lowest BCUT2D eigenvalue weighted by molar-refractivity contribution is -0.130. The molecular formula is C19H25F2NO2. The van der Waals surface area contributed by atoms with E-state index in [0.29, 0.717) is 24.6 Å². The van der Waals surface area contributed by atoms with E-state index in [1.807, 2.05) is 11.8 Å². The molecule has 3 nitrogen and oxygen atoms in total. The summed E-state index contributed by atoms with van der Waals surface area (Å²) in [6, 6.07) is 3.47. The first-order valence-electron chi connectivity index (χ1n) is 8.87. The second kappa shape index (κ2) is 6.79. The summed E-state index contributed by atoms with van der Waals surface area (Å²) in [7, 11) is 0. The molecule has 0 unspecified atom stereocenters. The zero-order chi connectivity index (χ0) is 17.3. The number of hydrogen-bond acceptors (Lipinski definition) is 2. The van der Waals surface area contributed by atoms with Crippen LogP contribution in [0.4, 0.5) is 8.78 Å². The third kappa shape index (κ3) is 3.32. The molecule has 1 aromatic rings. The Morgan fingerprint density at radius 1 is 1.38 bits per heavy atom. The molecule has 1 aliphatic carbocycles. The molecule has 3 atom stereocenters. The fraction of sp³-hybridized carbons (Fsp3) is 0.632. The maximum absolute atomic E-state index is 13.7. The fourth-order valence-corrected chi connectivity index (χ4v) is 4.40. The van der Waals surface area contributed by atoms with E-state index in [9.17, 15) is 18.7 Å². The van der Waals surface area contributed by atoms with Crippen LogP contribution in [0.5, 0.6) is 0 Å². The van der Waals surface area contributed by atoms with Crippen LogP contribution >= 0.6 is 0 Å². The van der Waals surface area contributed by atoms with Gasteiger partial charge in [0, 0.05) is 31.5 Å². The van der Waals surface area contributed by atoms with Crippen molar-refractivity contribution in [2.75, 3.05) is 13.1 Å². The van der Waals surface area contributed by atoms with Crippen LogP contribution in [-0.4, -0.2) is 34.6 Å². The molecule has 1 amide bonds.